The number of sulfone groups is 1. The number of anilines is 2. The average molecular weight is 563 g/mol. The molecule has 39 heavy (non-hydrogen) atoms. The zero-order valence-electron chi connectivity index (χ0n) is 22.2. The van der Waals surface area contributed by atoms with Gasteiger partial charge in [-0.3, -0.25) is 0 Å². The van der Waals surface area contributed by atoms with Crippen molar-refractivity contribution in [3.05, 3.63) is 48.2 Å². The van der Waals surface area contributed by atoms with Gasteiger partial charge in [0.1, 0.15) is 18.9 Å². The van der Waals surface area contributed by atoms with Crippen LogP contribution in [-0.4, -0.2) is 63.1 Å². The number of halogens is 3. The third-order valence-corrected chi connectivity index (χ3v) is 8.11. The highest BCUT2D eigenvalue weighted by molar-refractivity contribution is 7.90. The Balaban J connectivity index is 1.56. The second-order valence-corrected chi connectivity index (χ2v) is 12.2. The van der Waals surface area contributed by atoms with Crippen LogP contribution in [0, 0.1) is 11.8 Å². The molecule has 1 aromatic heterocycles. The zero-order valence-corrected chi connectivity index (χ0v) is 23.0. The van der Waals surface area contributed by atoms with E-state index in [1.54, 1.807) is 18.2 Å². The lowest BCUT2D eigenvalue weighted by Crippen LogP contribution is -2.36. The summed E-state index contributed by atoms with van der Waals surface area (Å²) in [5.74, 6) is 5.82. The van der Waals surface area contributed by atoms with E-state index in [0.29, 0.717) is 16.9 Å². The molecule has 2 aromatic carbocycles. The quantitative estimate of drug-likeness (QED) is 0.315. The van der Waals surface area contributed by atoms with Crippen LogP contribution < -0.4 is 15.8 Å². The van der Waals surface area contributed by atoms with Crippen molar-refractivity contribution in [1.29, 1.82) is 0 Å². The number of ether oxygens (including phenoxy) is 1. The second kappa shape index (κ2) is 11.4. The fourth-order valence-corrected chi connectivity index (χ4v) is 5.61. The highest BCUT2D eigenvalue weighted by atomic mass is 32.2. The summed E-state index contributed by atoms with van der Waals surface area (Å²) < 4.78 is 70.6. The van der Waals surface area contributed by atoms with E-state index in [2.05, 4.69) is 36.2 Å². The molecule has 210 valence electrons. The predicted molar refractivity (Wildman–Crippen MR) is 148 cm³/mol. The average Bonchev–Trinajstić information content (AvgIpc) is 3.19. The summed E-state index contributed by atoms with van der Waals surface area (Å²) in [6.45, 7) is -1.31. The molecule has 1 aliphatic carbocycles. The smallest absolute Gasteiger partial charge is 0.406 e. The van der Waals surface area contributed by atoms with Crippen LogP contribution in [0.15, 0.2) is 47.4 Å². The van der Waals surface area contributed by atoms with Crippen LogP contribution in [0.2, 0.25) is 0 Å². The minimum Gasteiger partial charge on any atom is -0.479 e. The second-order valence-electron chi connectivity index (χ2n) is 10.1. The number of fused-ring (bicyclic) bond motifs is 1. The number of nitrogens with two attached hydrogens (primary N) is 1. The molecule has 0 radical (unpaired) electrons. The first-order valence-electron chi connectivity index (χ1n) is 12.6. The van der Waals surface area contributed by atoms with E-state index < -0.39 is 22.6 Å². The Morgan fingerprint density at radius 3 is 2.46 bits per heavy atom. The Hall–Kier alpha value is -3.36. The fourth-order valence-electron chi connectivity index (χ4n) is 4.95. The van der Waals surface area contributed by atoms with Crippen molar-refractivity contribution in [3.63, 3.8) is 0 Å². The first-order valence-corrected chi connectivity index (χ1v) is 14.5. The van der Waals surface area contributed by atoms with Gasteiger partial charge in [0, 0.05) is 29.4 Å². The number of rotatable bonds is 7. The van der Waals surface area contributed by atoms with Gasteiger partial charge < -0.3 is 25.3 Å². The van der Waals surface area contributed by atoms with Gasteiger partial charge in [0.25, 0.3) is 0 Å². The molecular weight excluding hydrogens is 529 g/mol. The minimum absolute atomic E-state index is 0.0604. The van der Waals surface area contributed by atoms with Crippen LogP contribution in [-0.2, 0) is 16.4 Å². The molecule has 7 nitrogen and oxygen atoms in total. The normalized spacial score (nSPS) is 18.1. The van der Waals surface area contributed by atoms with E-state index in [1.165, 1.54) is 22.8 Å². The molecule has 0 unspecified atom stereocenters. The van der Waals surface area contributed by atoms with Gasteiger partial charge in [0.2, 0.25) is 0 Å². The summed E-state index contributed by atoms with van der Waals surface area (Å²) in [6, 6.07) is 11.9. The van der Waals surface area contributed by atoms with Crippen molar-refractivity contribution in [3.8, 4) is 17.6 Å². The van der Waals surface area contributed by atoms with Crippen LogP contribution >= 0.6 is 0 Å². The molecule has 1 aliphatic rings. The SMILES string of the molecule is CN(C)C1CCC(Nc2cccc3c2cc(C#CCOc2ccc(S(C)(=O)=O)cc2N)n3CC(F)(F)F)CC1. The first-order chi connectivity index (χ1) is 18.3. The maximum atomic E-state index is 13.5. The van der Waals surface area contributed by atoms with E-state index in [4.69, 9.17) is 10.5 Å². The van der Waals surface area contributed by atoms with Gasteiger partial charge in [0.05, 0.1) is 21.8 Å². The summed E-state index contributed by atoms with van der Waals surface area (Å²) in [6.07, 6.45) is 0.747. The molecule has 0 aliphatic heterocycles. The molecule has 0 amide bonds. The van der Waals surface area contributed by atoms with Gasteiger partial charge in [0.15, 0.2) is 9.84 Å². The van der Waals surface area contributed by atoms with E-state index in [0.717, 1.165) is 37.6 Å². The predicted octanol–water partition coefficient (Wildman–Crippen LogP) is 4.90. The van der Waals surface area contributed by atoms with E-state index in [1.807, 2.05) is 6.07 Å². The van der Waals surface area contributed by atoms with Gasteiger partial charge >= 0.3 is 6.18 Å². The van der Waals surface area contributed by atoms with Gasteiger partial charge in [-0.15, -0.1) is 0 Å². The molecule has 1 saturated carbocycles. The number of aromatic nitrogens is 1. The fraction of sp³-hybridized carbons (Fsp3) is 0.429. The van der Waals surface area contributed by atoms with Crippen molar-refractivity contribution in [1.82, 2.24) is 9.47 Å². The Labute approximate surface area is 227 Å². The number of alkyl halides is 3. The Morgan fingerprint density at radius 1 is 1.13 bits per heavy atom. The van der Waals surface area contributed by atoms with Crippen LogP contribution in [0.5, 0.6) is 5.75 Å². The summed E-state index contributed by atoms with van der Waals surface area (Å²) in [4.78, 5) is 2.30. The van der Waals surface area contributed by atoms with Crippen molar-refractivity contribution < 1.29 is 26.3 Å². The van der Waals surface area contributed by atoms with Gasteiger partial charge in [-0.1, -0.05) is 12.0 Å². The topological polar surface area (TPSA) is 89.6 Å². The maximum absolute atomic E-state index is 13.5. The summed E-state index contributed by atoms with van der Waals surface area (Å²) >= 11 is 0. The largest absolute Gasteiger partial charge is 0.479 e. The number of nitrogens with zero attached hydrogens (tertiary/aromatic N) is 2. The standard InChI is InChI=1S/C28H33F3N4O3S/c1-34(2)20-11-9-19(10-12-20)33-25-7-4-8-26-23(25)16-21(35(26)18-28(29,30)31)6-5-15-38-27-14-13-22(17-24(27)32)39(3,36)37/h4,7-8,13-14,16-17,19-20,33H,9-12,15,18,32H2,1-3H3. The maximum Gasteiger partial charge on any atom is 0.406 e. The number of benzene rings is 2. The van der Waals surface area contributed by atoms with Gasteiger partial charge in [-0.05, 0) is 82.1 Å². The lowest BCUT2D eigenvalue weighted by atomic mass is 9.90. The molecular formula is C28H33F3N4O3S. The minimum atomic E-state index is -4.43. The number of nitrogen functional groups attached to an aromatic ring is 1. The van der Waals surface area contributed by atoms with Crippen LogP contribution in [0.1, 0.15) is 31.4 Å². The third kappa shape index (κ3) is 7.19. The summed E-state index contributed by atoms with van der Waals surface area (Å²) in [7, 11) is 0.746. The third-order valence-electron chi connectivity index (χ3n) is 7.00. The molecule has 11 heteroatoms. The van der Waals surface area contributed by atoms with Crippen molar-refractivity contribution in [2.75, 3.05) is 38.0 Å². The molecule has 1 heterocycles. The monoisotopic (exact) mass is 562 g/mol. The molecule has 0 spiro atoms. The summed E-state index contributed by atoms with van der Waals surface area (Å²) in [5.41, 5.74) is 7.48. The van der Waals surface area contributed by atoms with Crippen LogP contribution in [0.3, 0.4) is 0 Å². The van der Waals surface area contributed by atoms with E-state index in [-0.39, 0.29) is 34.7 Å². The molecule has 0 saturated heterocycles. The molecule has 4 rings (SSSR count). The number of hydrogen-bond acceptors (Lipinski definition) is 6. The summed E-state index contributed by atoms with van der Waals surface area (Å²) in [5, 5.41) is 4.24. The highest BCUT2D eigenvalue weighted by Crippen LogP contribution is 2.32. The molecule has 1 fully saturated rings. The molecule has 0 atom stereocenters. The number of nitrogens with one attached hydrogen (secondary N) is 1. The van der Waals surface area contributed by atoms with E-state index >= 15 is 0 Å². The zero-order chi connectivity index (χ0) is 28.4. The Bertz CT molecular complexity index is 1500. The highest BCUT2D eigenvalue weighted by Gasteiger charge is 2.30. The number of hydrogen-bond donors (Lipinski definition) is 2. The van der Waals surface area contributed by atoms with Crippen molar-refractivity contribution in [2.24, 2.45) is 0 Å². The molecule has 0 bridgehead atoms. The Kier molecular flexibility index (Phi) is 8.37. The lowest BCUT2D eigenvalue weighted by molar-refractivity contribution is -0.140. The van der Waals surface area contributed by atoms with Crippen molar-refractivity contribution in [2.45, 2.75) is 55.4 Å². The Morgan fingerprint density at radius 2 is 1.85 bits per heavy atom. The van der Waals surface area contributed by atoms with Gasteiger partial charge in [-0.2, -0.15) is 13.2 Å². The van der Waals surface area contributed by atoms with E-state index in [9.17, 15) is 21.6 Å². The first kappa shape index (κ1) is 28.6. The van der Waals surface area contributed by atoms with Crippen LogP contribution in [0.25, 0.3) is 10.9 Å². The van der Waals surface area contributed by atoms with Crippen LogP contribution in [0.4, 0.5) is 24.5 Å². The van der Waals surface area contributed by atoms with Gasteiger partial charge in [-0.25, -0.2) is 8.42 Å². The molecule has 3 N–H and O–H groups in total. The lowest BCUT2D eigenvalue weighted by Gasteiger charge is -2.33. The molecule has 3 aromatic rings. The van der Waals surface area contributed by atoms with Crippen molar-refractivity contribution >= 4 is 32.1 Å².